The second-order valence-corrected chi connectivity index (χ2v) is 4.84. The predicted molar refractivity (Wildman–Crippen MR) is 82.5 cm³/mol. The van der Waals surface area contributed by atoms with Crippen LogP contribution in [-0.4, -0.2) is 33.8 Å². The number of rotatable bonds is 7. The first kappa shape index (κ1) is 16.0. The summed E-state index contributed by atoms with van der Waals surface area (Å²) in [5.74, 6) is 1.18. The topological polar surface area (TPSA) is 95.1 Å². The molecule has 1 heterocycles. The first-order valence-corrected chi connectivity index (χ1v) is 7.23. The smallest absolute Gasteiger partial charge is 0.252 e. The molecule has 7 nitrogen and oxygen atoms in total. The monoisotopic (exact) mass is 303 g/mol. The van der Waals surface area contributed by atoms with Gasteiger partial charge in [-0.25, -0.2) is 4.98 Å². The van der Waals surface area contributed by atoms with Crippen molar-refractivity contribution in [2.75, 3.05) is 13.2 Å². The fourth-order valence-corrected chi connectivity index (χ4v) is 2.12. The van der Waals surface area contributed by atoms with Gasteiger partial charge in [-0.3, -0.25) is 9.48 Å². The Kier molecular flexibility index (Phi) is 5.48. The lowest BCUT2D eigenvalue weighted by molar-refractivity contribution is 0.0932. The third kappa shape index (κ3) is 3.82. The number of nitrogens with zero attached hydrogens (tertiary/aromatic N) is 3. The highest BCUT2D eigenvalue weighted by Crippen LogP contribution is 2.16. The zero-order valence-corrected chi connectivity index (χ0v) is 12.8. The molecule has 1 amide bonds. The van der Waals surface area contributed by atoms with Gasteiger partial charge >= 0.3 is 0 Å². The predicted octanol–water partition coefficient (Wildman–Crippen LogP) is 1.03. The lowest BCUT2D eigenvalue weighted by Crippen LogP contribution is -2.30. The lowest BCUT2D eigenvalue weighted by atomic mass is 10.1. The number of nitrogens with one attached hydrogen (secondary N) is 1. The van der Waals surface area contributed by atoms with Crippen LogP contribution in [-0.2, 0) is 7.05 Å². The Balaban J connectivity index is 2.09. The van der Waals surface area contributed by atoms with Gasteiger partial charge < -0.3 is 15.8 Å². The number of benzene rings is 1. The molecule has 1 aromatic carbocycles. The lowest BCUT2D eigenvalue weighted by Gasteiger charge is -2.16. The number of amides is 1. The number of hydrogen-bond acceptors (Lipinski definition) is 5. The summed E-state index contributed by atoms with van der Waals surface area (Å²) in [5.41, 5.74) is 5.94. The highest BCUT2D eigenvalue weighted by atomic mass is 16.5. The average Bonchev–Trinajstić information content (AvgIpc) is 2.96. The van der Waals surface area contributed by atoms with Crippen LogP contribution in [0.25, 0.3) is 0 Å². The van der Waals surface area contributed by atoms with Crippen LogP contribution < -0.4 is 15.8 Å². The van der Waals surface area contributed by atoms with Gasteiger partial charge in [-0.05, 0) is 24.6 Å². The molecule has 0 spiro atoms. The number of aryl methyl sites for hydroxylation is 1. The number of carbonyl (C=O) groups is 1. The van der Waals surface area contributed by atoms with Crippen molar-refractivity contribution >= 4 is 5.91 Å². The van der Waals surface area contributed by atoms with Gasteiger partial charge in [-0.1, -0.05) is 13.0 Å². The van der Waals surface area contributed by atoms with Crippen molar-refractivity contribution in [1.82, 2.24) is 20.1 Å². The van der Waals surface area contributed by atoms with Gasteiger partial charge in [0.25, 0.3) is 5.91 Å². The first-order valence-electron chi connectivity index (χ1n) is 7.23. The minimum atomic E-state index is -0.186. The Hall–Kier alpha value is -2.41. The summed E-state index contributed by atoms with van der Waals surface area (Å²) >= 11 is 0. The van der Waals surface area contributed by atoms with E-state index in [-0.39, 0.29) is 11.9 Å². The molecule has 0 aliphatic heterocycles. The van der Waals surface area contributed by atoms with E-state index < -0.39 is 0 Å². The molecule has 0 fully saturated rings. The Morgan fingerprint density at radius 2 is 2.32 bits per heavy atom. The van der Waals surface area contributed by atoms with Crippen molar-refractivity contribution in [1.29, 1.82) is 0 Å². The Bertz CT molecular complexity index is 626. The Morgan fingerprint density at radius 3 is 2.95 bits per heavy atom. The van der Waals surface area contributed by atoms with Gasteiger partial charge in [0.1, 0.15) is 24.5 Å². The molecule has 0 unspecified atom stereocenters. The molecule has 22 heavy (non-hydrogen) atoms. The maximum absolute atomic E-state index is 12.4. The van der Waals surface area contributed by atoms with E-state index >= 15 is 0 Å². The van der Waals surface area contributed by atoms with Crippen LogP contribution in [0.15, 0.2) is 30.6 Å². The average molecular weight is 303 g/mol. The van der Waals surface area contributed by atoms with E-state index in [1.807, 2.05) is 6.92 Å². The molecule has 0 bridgehead atoms. The third-order valence-electron chi connectivity index (χ3n) is 3.25. The molecular weight excluding hydrogens is 282 g/mol. The highest BCUT2D eigenvalue weighted by Gasteiger charge is 2.18. The molecule has 3 N–H and O–H groups in total. The molecule has 1 atom stereocenters. The van der Waals surface area contributed by atoms with Gasteiger partial charge in [-0.15, -0.1) is 0 Å². The summed E-state index contributed by atoms with van der Waals surface area (Å²) in [4.78, 5) is 16.6. The van der Waals surface area contributed by atoms with Crippen LogP contribution in [0.1, 0.15) is 35.6 Å². The van der Waals surface area contributed by atoms with Crippen LogP contribution in [0, 0.1) is 0 Å². The van der Waals surface area contributed by atoms with Crippen LogP contribution in [0.3, 0.4) is 0 Å². The van der Waals surface area contributed by atoms with E-state index in [0.717, 1.165) is 12.2 Å². The van der Waals surface area contributed by atoms with E-state index in [9.17, 15) is 4.79 Å². The standard InChI is InChI=1S/C15H21N5O2/c1-3-13(14-17-10-18-20(14)2)19-15(21)11-5-4-6-12(9-11)22-8-7-16/h4-6,9-10,13H,3,7-8,16H2,1-2H3,(H,19,21)/t13-/m0/s1. The quantitative estimate of drug-likeness (QED) is 0.796. The number of nitrogens with two attached hydrogens (primary N) is 1. The van der Waals surface area contributed by atoms with Gasteiger partial charge in [0.2, 0.25) is 0 Å². The van der Waals surface area contributed by atoms with E-state index in [0.29, 0.717) is 24.5 Å². The summed E-state index contributed by atoms with van der Waals surface area (Å²) in [6.07, 6.45) is 2.20. The van der Waals surface area contributed by atoms with Gasteiger partial charge in [0.15, 0.2) is 0 Å². The van der Waals surface area contributed by atoms with Crippen LogP contribution >= 0.6 is 0 Å². The summed E-state index contributed by atoms with van der Waals surface area (Å²) in [7, 11) is 1.80. The van der Waals surface area contributed by atoms with Crippen molar-refractivity contribution in [3.63, 3.8) is 0 Å². The zero-order valence-electron chi connectivity index (χ0n) is 12.8. The normalized spacial score (nSPS) is 12.0. The Morgan fingerprint density at radius 1 is 1.50 bits per heavy atom. The molecule has 0 aliphatic rings. The number of carbonyl (C=O) groups excluding carboxylic acids is 1. The minimum absolute atomic E-state index is 0.173. The largest absolute Gasteiger partial charge is 0.492 e. The summed E-state index contributed by atoms with van der Waals surface area (Å²) in [5, 5.41) is 7.00. The molecule has 2 rings (SSSR count). The van der Waals surface area contributed by atoms with Crippen molar-refractivity contribution in [3.8, 4) is 5.75 Å². The van der Waals surface area contributed by atoms with Crippen molar-refractivity contribution in [2.24, 2.45) is 12.8 Å². The molecule has 0 aliphatic carbocycles. The Labute approximate surface area is 129 Å². The molecule has 0 saturated carbocycles. The van der Waals surface area contributed by atoms with Crippen molar-refractivity contribution < 1.29 is 9.53 Å². The maximum atomic E-state index is 12.4. The SMILES string of the molecule is CC[C@H](NC(=O)c1cccc(OCCN)c1)c1ncnn1C. The van der Waals surface area contributed by atoms with Gasteiger partial charge in [-0.2, -0.15) is 5.10 Å². The summed E-state index contributed by atoms with van der Waals surface area (Å²) in [6.45, 7) is 2.84. The first-order chi connectivity index (χ1) is 10.7. The van der Waals surface area contributed by atoms with Gasteiger partial charge in [0, 0.05) is 19.2 Å². The number of ether oxygens (including phenoxy) is 1. The van der Waals surface area contributed by atoms with E-state index in [1.54, 1.807) is 36.0 Å². The number of hydrogen-bond donors (Lipinski definition) is 2. The minimum Gasteiger partial charge on any atom is -0.492 e. The van der Waals surface area contributed by atoms with Crippen LogP contribution in [0.5, 0.6) is 5.75 Å². The second kappa shape index (κ2) is 7.56. The fourth-order valence-electron chi connectivity index (χ4n) is 2.12. The molecular formula is C15H21N5O2. The third-order valence-corrected chi connectivity index (χ3v) is 3.25. The van der Waals surface area contributed by atoms with Crippen molar-refractivity contribution in [3.05, 3.63) is 42.0 Å². The molecule has 118 valence electrons. The van der Waals surface area contributed by atoms with E-state index in [4.69, 9.17) is 10.5 Å². The van der Waals surface area contributed by atoms with E-state index in [1.165, 1.54) is 6.33 Å². The highest BCUT2D eigenvalue weighted by molar-refractivity contribution is 5.94. The second-order valence-electron chi connectivity index (χ2n) is 4.84. The van der Waals surface area contributed by atoms with Gasteiger partial charge in [0.05, 0.1) is 6.04 Å². The molecule has 0 radical (unpaired) electrons. The zero-order chi connectivity index (χ0) is 15.9. The summed E-state index contributed by atoms with van der Waals surface area (Å²) < 4.78 is 7.10. The van der Waals surface area contributed by atoms with Crippen LogP contribution in [0.2, 0.25) is 0 Å². The molecule has 7 heteroatoms. The van der Waals surface area contributed by atoms with E-state index in [2.05, 4.69) is 15.4 Å². The van der Waals surface area contributed by atoms with Crippen molar-refractivity contribution in [2.45, 2.75) is 19.4 Å². The molecule has 1 aromatic heterocycles. The van der Waals surface area contributed by atoms with Crippen LogP contribution in [0.4, 0.5) is 0 Å². The maximum Gasteiger partial charge on any atom is 0.252 e. The summed E-state index contributed by atoms with van der Waals surface area (Å²) in [6, 6.07) is 6.84. The molecule has 2 aromatic rings. The fraction of sp³-hybridized carbons (Fsp3) is 0.400. The number of aromatic nitrogens is 3. The molecule has 0 saturated heterocycles.